The lowest BCUT2D eigenvalue weighted by Gasteiger charge is -2.32. The smallest absolute Gasteiger partial charge is 0.155 e. The Balaban J connectivity index is 1.51. The zero-order valence-corrected chi connectivity index (χ0v) is 13.4. The average Bonchev–Trinajstić information content (AvgIpc) is 3.05. The summed E-state index contributed by atoms with van der Waals surface area (Å²) >= 11 is 0. The van der Waals surface area contributed by atoms with E-state index in [2.05, 4.69) is 45.2 Å². The van der Waals surface area contributed by atoms with Crippen LogP contribution >= 0.6 is 0 Å². The Bertz CT molecular complexity index is 810. The van der Waals surface area contributed by atoms with E-state index in [0.29, 0.717) is 5.92 Å². The average molecular weight is 307 g/mol. The molecule has 1 atom stereocenters. The highest BCUT2D eigenvalue weighted by atomic mass is 15.2. The summed E-state index contributed by atoms with van der Waals surface area (Å²) in [5.74, 6) is 0.487. The van der Waals surface area contributed by atoms with Gasteiger partial charge in [0.2, 0.25) is 0 Å². The zero-order valence-electron chi connectivity index (χ0n) is 13.4. The van der Waals surface area contributed by atoms with Gasteiger partial charge in [0.15, 0.2) is 5.65 Å². The van der Waals surface area contributed by atoms with Crippen molar-refractivity contribution >= 4 is 11.0 Å². The molecule has 0 radical (unpaired) electrons. The summed E-state index contributed by atoms with van der Waals surface area (Å²) in [6, 6.07) is 8.40. The number of hydrogen-bond donors (Lipinski definition) is 1. The lowest BCUT2D eigenvalue weighted by atomic mass is 9.94. The first-order chi connectivity index (χ1) is 11.3. The standard InChI is InChI=1S/C18H21N5/c1-13-4-2-8-19-17(13)12-23-9-3-5-15(11-23)16-7-6-14-10-20-22-18(14)21-16/h2,4,6-8,10,15H,3,5,9,11-12H2,1H3,(H,20,21,22)/t15-/m1/s1. The van der Waals surface area contributed by atoms with Crippen LogP contribution in [0.5, 0.6) is 0 Å². The normalized spacial score (nSPS) is 19.3. The fourth-order valence-electron chi connectivity index (χ4n) is 3.41. The topological polar surface area (TPSA) is 57.7 Å². The zero-order chi connectivity index (χ0) is 15.6. The molecule has 3 aromatic rings. The first-order valence-electron chi connectivity index (χ1n) is 8.22. The number of pyridine rings is 2. The first kappa shape index (κ1) is 14.3. The van der Waals surface area contributed by atoms with E-state index in [0.717, 1.165) is 30.7 Å². The predicted molar refractivity (Wildman–Crippen MR) is 90.1 cm³/mol. The van der Waals surface area contributed by atoms with Gasteiger partial charge in [-0.3, -0.25) is 15.0 Å². The van der Waals surface area contributed by atoms with E-state index in [-0.39, 0.29) is 0 Å². The fourth-order valence-corrected chi connectivity index (χ4v) is 3.41. The Kier molecular flexibility index (Phi) is 3.79. The molecule has 3 aromatic heterocycles. The molecular weight excluding hydrogens is 286 g/mol. The summed E-state index contributed by atoms with van der Waals surface area (Å²) < 4.78 is 0. The molecule has 5 nitrogen and oxygen atoms in total. The number of fused-ring (bicyclic) bond motifs is 1. The molecular formula is C18H21N5. The molecule has 1 N–H and O–H groups in total. The summed E-state index contributed by atoms with van der Waals surface area (Å²) in [6.45, 7) is 5.24. The van der Waals surface area contributed by atoms with E-state index in [9.17, 15) is 0 Å². The molecule has 4 heterocycles. The molecule has 5 heteroatoms. The van der Waals surface area contributed by atoms with Gasteiger partial charge in [-0.25, -0.2) is 4.98 Å². The van der Waals surface area contributed by atoms with Crippen LogP contribution in [0.4, 0.5) is 0 Å². The third kappa shape index (κ3) is 2.97. The van der Waals surface area contributed by atoms with Crippen LogP contribution in [0.2, 0.25) is 0 Å². The van der Waals surface area contributed by atoms with E-state index in [4.69, 9.17) is 4.98 Å². The summed E-state index contributed by atoms with van der Waals surface area (Å²) in [5.41, 5.74) is 4.51. The van der Waals surface area contributed by atoms with Crippen molar-refractivity contribution in [2.45, 2.75) is 32.2 Å². The van der Waals surface area contributed by atoms with Gasteiger partial charge in [0.25, 0.3) is 0 Å². The second kappa shape index (κ2) is 6.08. The number of hydrogen-bond acceptors (Lipinski definition) is 4. The first-order valence-corrected chi connectivity index (χ1v) is 8.22. The lowest BCUT2D eigenvalue weighted by molar-refractivity contribution is 0.196. The third-order valence-electron chi connectivity index (χ3n) is 4.74. The van der Waals surface area contributed by atoms with Gasteiger partial charge in [-0.1, -0.05) is 6.07 Å². The summed E-state index contributed by atoms with van der Waals surface area (Å²) in [4.78, 5) is 11.8. The van der Waals surface area contributed by atoms with E-state index >= 15 is 0 Å². The van der Waals surface area contributed by atoms with Gasteiger partial charge in [0.05, 0.1) is 11.9 Å². The van der Waals surface area contributed by atoms with Crippen molar-refractivity contribution in [3.63, 3.8) is 0 Å². The van der Waals surface area contributed by atoms with Crippen LogP contribution in [-0.2, 0) is 6.54 Å². The molecule has 0 unspecified atom stereocenters. The van der Waals surface area contributed by atoms with Crippen molar-refractivity contribution < 1.29 is 0 Å². The molecule has 1 fully saturated rings. The Morgan fingerprint density at radius 1 is 1.30 bits per heavy atom. The number of likely N-dealkylation sites (tertiary alicyclic amines) is 1. The highest BCUT2D eigenvalue weighted by Crippen LogP contribution is 2.27. The third-order valence-corrected chi connectivity index (χ3v) is 4.74. The van der Waals surface area contributed by atoms with Crippen LogP contribution in [0.3, 0.4) is 0 Å². The Labute approximate surface area is 135 Å². The highest BCUT2D eigenvalue weighted by Gasteiger charge is 2.23. The second-order valence-electron chi connectivity index (χ2n) is 6.39. The fraction of sp³-hybridized carbons (Fsp3) is 0.389. The largest absolute Gasteiger partial charge is 0.297 e. The Hall–Kier alpha value is -2.27. The van der Waals surface area contributed by atoms with Crippen LogP contribution in [0.25, 0.3) is 11.0 Å². The SMILES string of the molecule is Cc1cccnc1CN1CCC[C@@H](c2ccc3cn[nH]c3n2)C1. The van der Waals surface area contributed by atoms with Crippen LogP contribution in [-0.4, -0.2) is 38.2 Å². The van der Waals surface area contributed by atoms with Crippen molar-refractivity contribution in [3.05, 3.63) is 53.6 Å². The minimum absolute atomic E-state index is 0.487. The van der Waals surface area contributed by atoms with Crippen molar-refractivity contribution in [2.24, 2.45) is 0 Å². The van der Waals surface area contributed by atoms with Crippen molar-refractivity contribution in [2.75, 3.05) is 13.1 Å². The molecule has 1 saturated heterocycles. The molecule has 1 aliphatic rings. The maximum Gasteiger partial charge on any atom is 0.155 e. The Morgan fingerprint density at radius 2 is 2.26 bits per heavy atom. The molecule has 0 bridgehead atoms. The quantitative estimate of drug-likeness (QED) is 0.808. The molecule has 0 amide bonds. The van der Waals surface area contributed by atoms with Gasteiger partial charge in [-0.05, 0) is 50.1 Å². The van der Waals surface area contributed by atoms with Crippen LogP contribution in [0, 0.1) is 6.92 Å². The number of nitrogens with one attached hydrogen (secondary N) is 1. The summed E-state index contributed by atoms with van der Waals surface area (Å²) in [7, 11) is 0. The number of rotatable bonds is 3. The van der Waals surface area contributed by atoms with Crippen LogP contribution in [0.15, 0.2) is 36.7 Å². The Morgan fingerprint density at radius 3 is 3.17 bits per heavy atom. The van der Waals surface area contributed by atoms with E-state index in [1.807, 2.05) is 18.5 Å². The van der Waals surface area contributed by atoms with Gasteiger partial charge in [0.1, 0.15) is 0 Å². The number of piperidine rings is 1. The van der Waals surface area contributed by atoms with Gasteiger partial charge in [-0.15, -0.1) is 0 Å². The molecule has 0 spiro atoms. The maximum absolute atomic E-state index is 4.76. The molecule has 23 heavy (non-hydrogen) atoms. The number of aromatic nitrogens is 4. The number of aromatic amines is 1. The summed E-state index contributed by atoms with van der Waals surface area (Å²) in [6.07, 6.45) is 6.12. The van der Waals surface area contributed by atoms with Gasteiger partial charge >= 0.3 is 0 Å². The van der Waals surface area contributed by atoms with Crippen molar-refractivity contribution in [1.29, 1.82) is 0 Å². The van der Waals surface area contributed by atoms with Crippen molar-refractivity contribution in [1.82, 2.24) is 25.1 Å². The molecule has 1 aliphatic heterocycles. The van der Waals surface area contributed by atoms with Crippen LogP contribution in [0.1, 0.15) is 35.7 Å². The number of aryl methyl sites for hydroxylation is 1. The number of H-pyrrole nitrogens is 1. The monoisotopic (exact) mass is 307 g/mol. The summed E-state index contributed by atoms with van der Waals surface area (Å²) in [5, 5.41) is 8.11. The van der Waals surface area contributed by atoms with Crippen LogP contribution < -0.4 is 0 Å². The molecule has 0 saturated carbocycles. The minimum atomic E-state index is 0.487. The van der Waals surface area contributed by atoms with E-state index in [1.54, 1.807) is 0 Å². The molecule has 118 valence electrons. The maximum atomic E-state index is 4.76. The van der Waals surface area contributed by atoms with Gasteiger partial charge in [0, 0.05) is 36.3 Å². The molecule has 0 aliphatic carbocycles. The number of nitrogens with zero attached hydrogens (tertiary/aromatic N) is 4. The highest BCUT2D eigenvalue weighted by molar-refractivity contribution is 5.73. The molecule has 0 aromatic carbocycles. The van der Waals surface area contributed by atoms with E-state index < -0.39 is 0 Å². The second-order valence-corrected chi connectivity index (χ2v) is 6.39. The van der Waals surface area contributed by atoms with Crippen molar-refractivity contribution in [3.8, 4) is 0 Å². The predicted octanol–water partition coefficient (Wildman–Crippen LogP) is 3.04. The minimum Gasteiger partial charge on any atom is -0.297 e. The lowest BCUT2D eigenvalue weighted by Crippen LogP contribution is -2.34. The molecule has 4 rings (SSSR count). The van der Waals surface area contributed by atoms with Gasteiger partial charge in [-0.2, -0.15) is 5.10 Å². The van der Waals surface area contributed by atoms with E-state index in [1.165, 1.54) is 29.8 Å². The van der Waals surface area contributed by atoms with Gasteiger partial charge < -0.3 is 0 Å².